The molecule has 0 atom stereocenters. The number of hydrogen-bond acceptors (Lipinski definition) is 6. The van der Waals surface area contributed by atoms with E-state index in [1.54, 1.807) is 9.36 Å². The number of hydrogen-bond donors (Lipinski definition) is 0. The molecule has 0 aliphatic heterocycles. The van der Waals surface area contributed by atoms with Gasteiger partial charge in [-0.2, -0.15) is 0 Å². The fourth-order valence-electron chi connectivity index (χ4n) is 6.56. The third-order valence-electron chi connectivity index (χ3n) is 9.09. The minimum atomic E-state index is -3.71. The minimum absolute atomic E-state index is 0.270. The summed E-state index contributed by atoms with van der Waals surface area (Å²) in [5, 5.41) is 21.5. The molecule has 0 aliphatic carbocycles. The first-order chi connectivity index (χ1) is 25.6. The fraction of sp³-hybridized carbons (Fsp3) is 0.0476. The van der Waals surface area contributed by atoms with Crippen molar-refractivity contribution < 1.29 is 9.13 Å². The molecule has 6 aromatic carbocycles. The fourth-order valence-corrected chi connectivity index (χ4v) is 11.9. The standard InChI is InChI=1S/C42H34N6O2P2/c49-51(35-23-11-3-12-24-35,36-25-13-4-14-26-36)41-39(47(45-43-41)31-33-19-7-1-8-20-33)40-42(44-46-48(40)32-34-21-9-2-10-22-34)52(50,37-27-15-5-16-28-37)38-29-17-6-18-30-38/h1-30H,31-32H2. The molecule has 8 nitrogen and oxygen atoms in total. The monoisotopic (exact) mass is 716 g/mol. The number of aromatic nitrogens is 6. The molecule has 0 fully saturated rings. The van der Waals surface area contributed by atoms with E-state index in [1.807, 2.05) is 182 Å². The molecule has 0 saturated heterocycles. The molecular formula is C42H34N6O2P2. The number of nitrogens with zero attached hydrogens (tertiary/aromatic N) is 6. The highest BCUT2D eigenvalue weighted by Gasteiger charge is 2.43. The second-order valence-electron chi connectivity index (χ2n) is 12.4. The normalized spacial score (nSPS) is 11.8. The summed E-state index contributed by atoms with van der Waals surface area (Å²) in [7, 11) is -7.42. The highest BCUT2D eigenvalue weighted by Crippen LogP contribution is 2.48. The molecular weight excluding hydrogens is 682 g/mol. The van der Waals surface area contributed by atoms with Crippen LogP contribution in [-0.2, 0) is 22.2 Å². The minimum Gasteiger partial charge on any atom is -0.307 e. The molecule has 0 bridgehead atoms. The lowest BCUT2D eigenvalue weighted by atomic mass is 10.2. The van der Waals surface area contributed by atoms with Crippen molar-refractivity contribution in [1.29, 1.82) is 0 Å². The van der Waals surface area contributed by atoms with Crippen molar-refractivity contribution in [2.45, 2.75) is 13.1 Å². The van der Waals surface area contributed by atoms with Crippen LogP contribution in [0, 0.1) is 0 Å². The topological polar surface area (TPSA) is 95.6 Å². The van der Waals surface area contributed by atoms with Crippen LogP contribution < -0.4 is 32.1 Å². The summed E-state index contributed by atoms with van der Waals surface area (Å²) in [5.41, 5.74) is 3.36. The zero-order valence-corrected chi connectivity index (χ0v) is 29.9. The molecule has 2 aromatic heterocycles. The van der Waals surface area contributed by atoms with E-state index >= 15 is 9.13 Å². The van der Waals surface area contributed by atoms with Gasteiger partial charge in [0.15, 0.2) is 25.2 Å². The van der Waals surface area contributed by atoms with Crippen LogP contribution in [0.4, 0.5) is 0 Å². The van der Waals surface area contributed by atoms with Crippen molar-refractivity contribution >= 4 is 46.4 Å². The first kappa shape index (κ1) is 33.2. The van der Waals surface area contributed by atoms with Gasteiger partial charge in [-0.1, -0.05) is 192 Å². The molecule has 0 saturated carbocycles. The molecule has 8 rings (SSSR count). The Hall–Kier alpha value is -5.94. The average Bonchev–Trinajstić information content (AvgIpc) is 3.83. The largest absolute Gasteiger partial charge is 0.307 e. The molecule has 10 heteroatoms. The summed E-state index contributed by atoms with van der Waals surface area (Å²) < 4.78 is 35.8. The predicted octanol–water partition coefficient (Wildman–Crippen LogP) is 5.91. The van der Waals surface area contributed by atoms with E-state index in [0.717, 1.165) is 11.1 Å². The van der Waals surface area contributed by atoms with Gasteiger partial charge in [0.05, 0.1) is 13.1 Å². The van der Waals surface area contributed by atoms with E-state index in [9.17, 15) is 0 Å². The summed E-state index contributed by atoms with van der Waals surface area (Å²) in [4.78, 5) is 0. The maximum atomic E-state index is 16.1. The van der Waals surface area contributed by atoms with E-state index in [-0.39, 0.29) is 10.9 Å². The SMILES string of the molecule is O=P(c1ccccc1)(c1ccccc1)c1nnn(Cc2ccccc2)c1-c1c(P(=O)(c2ccccc2)c2ccccc2)nnn1Cc1ccccc1. The third kappa shape index (κ3) is 6.06. The summed E-state index contributed by atoms with van der Waals surface area (Å²) in [6.45, 7) is 0.618. The molecule has 0 aliphatic rings. The lowest BCUT2D eigenvalue weighted by Gasteiger charge is -2.22. The van der Waals surface area contributed by atoms with Gasteiger partial charge in [0.25, 0.3) is 0 Å². The Kier molecular flexibility index (Phi) is 9.17. The van der Waals surface area contributed by atoms with Crippen LogP contribution in [0.25, 0.3) is 11.4 Å². The Balaban J connectivity index is 1.49. The number of rotatable bonds is 11. The average molecular weight is 717 g/mol. The van der Waals surface area contributed by atoms with Crippen molar-refractivity contribution in [1.82, 2.24) is 30.0 Å². The smallest absolute Gasteiger partial charge is 0.192 e. The Morgan fingerprint density at radius 1 is 0.365 bits per heavy atom. The van der Waals surface area contributed by atoms with Gasteiger partial charge >= 0.3 is 0 Å². The highest BCUT2D eigenvalue weighted by atomic mass is 31.2. The molecule has 2 heterocycles. The molecule has 0 radical (unpaired) electrons. The van der Waals surface area contributed by atoms with Gasteiger partial charge in [0.1, 0.15) is 11.4 Å². The van der Waals surface area contributed by atoms with Crippen molar-refractivity contribution in [3.8, 4) is 11.4 Å². The maximum absolute atomic E-state index is 16.1. The zero-order chi connectivity index (χ0) is 35.4. The zero-order valence-electron chi connectivity index (χ0n) is 28.1. The van der Waals surface area contributed by atoms with E-state index in [4.69, 9.17) is 20.6 Å². The van der Waals surface area contributed by atoms with E-state index < -0.39 is 14.3 Å². The van der Waals surface area contributed by atoms with Crippen LogP contribution in [0.5, 0.6) is 0 Å². The van der Waals surface area contributed by atoms with Crippen molar-refractivity contribution in [2.24, 2.45) is 0 Å². The van der Waals surface area contributed by atoms with Crippen molar-refractivity contribution in [3.05, 3.63) is 193 Å². The molecule has 254 valence electrons. The summed E-state index contributed by atoms with van der Waals surface area (Å²) in [6.07, 6.45) is 0. The molecule has 0 spiro atoms. The van der Waals surface area contributed by atoms with Crippen LogP contribution in [0.15, 0.2) is 182 Å². The van der Waals surface area contributed by atoms with E-state index in [0.29, 0.717) is 45.7 Å². The molecule has 8 aromatic rings. The van der Waals surface area contributed by atoms with Gasteiger partial charge in [0, 0.05) is 21.2 Å². The second kappa shape index (κ2) is 14.4. The van der Waals surface area contributed by atoms with Crippen molar-refractivity contribution in [2.75, 3.05) is 0 Å². The van der Waals surface area contributed by atoms with Crippen LogP contribution in [0.1, 0.15) is 11.1 Å². The van der Waals surface area contributed by atoms with Crippen LogP contribution in [-0.4, -0.2) is 30.0 Å². The van der Waals surface area contributed by atoms with Gasteiger partial charge in [-0.25, -0.2) is 9.36 Å². The molecule has 0 amide bonds. The maximum Gasteiger partial charge on any atom is 0.192 e. The Labute approximate surface area is 302 Å². The van der Waals surface area contributed by atoms with E-state index in [1.165, 1.54) is 0 Å². The lowest BCUT2D eigenvalue weighted by Crippen LogP contribution is -2.31. The Morgan fingerprint density at radius 3 is 0.885 bits per heavy atom. The van der Waals surface area contributed by atoms with Gasteiger partial charge in [0.2, 0.25) is 0 Å². The lowest BCUT2D eigenvalue weighted by molar-refractivity contribution is 0.591. The van der Waals surface area contributed by atoms with E-state index in [2.05, 4.69) is 0 Å². The quantitative estimate of drug-likeness (QED) is 0.155. The van der Waals surface area contributed by atoms with Crippen molar-refractivity contribution in [3.63, 3.8) is 0 Å². The molecule has 52 heavy (non-hydrogen) atoms. The highest BCUT2D eigenvalue weighted by molar-refractivity contribution is 7.86. The second-order valence-corrected chi connectivity index (χ2v) is 17.7. The Bertz CT molecular complexity index is 2240. The summed E-state index contributed by atoms with van der Waals surface area (Å²) in [6, 6.07) is 57.4. The number of benzene rings is 6. The first-order valence-electron chi connectivity index (χ1n) is 17.0. The third-order valence-corrected chi connectivity index (χ3v) is 15.0. The van der Waals surface area contributed by atoms with Gasteiger partial charge in [-0.3, -0.25) is 0 Å². The predicted molar refractivity (Wildman–Crippen MR) is 209 cm³/mol. The summed E-state index contributed by atoms with van der Waals surface area (Å²) in [5.74, 6) is 0. The van der Waals surface area contributed by atoms with Crippen LogP contribution >= 0.6 is 14.3 Å². The van der Waals surface area contributed by atoms with Crippen LogP contribution in [0.3, 0.4) is 0 Å². The van der Waals surface area contributed by atoms with Gasteiger partial charge < -0.3 is 9.13 Å². The first-order valence-corrected chi connectivity index (χ1v) is 20.4. The van der Waals surface area contributed by atoms with Crippen LogP contribution in [0.2, 0.25) is 0 Å². The Morgan fingerprint density at radius 2 is 0.615 bits per heavy atom. The van der Waals surface area contributed by atoms with Gasteiger partial charge in [-0.05, 0) is 11.1 Å². The van der Waals surface area contributed by atoms with Gasteiger partial charge in [-0.15, -0.1) is 10.2 Å². The molecule has 0 unspecified atom stereocenters. The summed E-state index contributed by atoms with van der Waals surface area (Å²) >= 11 is 0. The molecule has 0 N–H and O–H groups in total.